The number of ether oxygens (including phenoxy) is 1. The molecule has 1 aromatic carbocycles. The van der Waals surface area contributed by atoms with E-state index in [0.29, 0.717) is 6.61 Å². The van der Waals surface area contributed by atoms with E-state index in [1.54, 1.807) is 0 Å². The van der Waals surface area contributed by atoms with Gasteiger partial charge in [-0.15, -0.1) is 0 Å². The van der Waals surface area contributed by atoms with Crippen molar-refractivity contribution in [1.29, 1.82) is 0 Å². The molecule has 2 unspecified atom stereocenters. The maximum atomic E-state index is 10.7. The van der Waals surface area contributed by atoms with Gasteiger partial charge in [-0.25, -0.2) is 0 Å². The Morgan fingerprint density at radius 2 is 2.22 bits per heavy atom. The number of rotatable bonds is 5. The summed E-state index contributed by atoms with van der Waals surface area (Å²) < 4.78 is 5.68. The smallest absolute Gasteiger partial charge is 0.125 e. The summed E-state index contributed by atoms with van der Waals surface area (Å²) in [6, 6.07) is 7.88. The summed E-state index contributed by atoms with van der Waals surface area (Å²) >= 11 is 1.87. The van der Waals surface area contributed by atoms with Crippen LogP contribution in [0.15, 0.2) is 24.3 Å². The topological polar surface area (TPSA) is 29.5 Å². The van der Waals surface area contributed by atoms with Crippen molar-refractivity contribution >= 4 is 11.8 Å². The van der Waals surface area contributed by atoms with Crippen molar-refractivity contribution in [2.24, 2.45) is 0 Å². The Bertz CT molecular complexity index is 386. The van der Waals surface area contributed by atoms with E-state index in [-0.39, 0.29) is 4.75 Å². The lowest BCUT2D eigenvalue weighted by Gasteiger charge is -2.30. The van der Waals surface area contributed by atoms with Crippen LogP contribution in [0.2, 0.25) is 0 Å². The molecule has 1 aliphatic rings. The molecule has 1 aromatic rings. The van der Waals surface area contributed by atoms with Crippen molar-refractivity contribution in [3.8, 4) is 5.75 Å². The Morgan fingerprint density at radius 3 is 2.89 bits per heavy atom. The van der Waals surface area contributed by atoms with Crippen LogP contribution in [0, 0.1) is 0 Å². The minimum Gasteiger partial charge on any atom is -0.493 e. The number of hydrogen-bond donors (Lipinski definition) is 1. The van der Waals surface area contributed by atoms with Gasteiger partial charge in [0, 0.05) is 10.3 Å². The van der Waals surface area contributed by atoms with Crippen molar-refractivity contribution < 1.29 is 9.84 Å². The molecule has 18 heavy (non-hydrogen) atoms. The lowest BCUT2D eigenvalue weighted by Crippen LogP contribution is -2.26. The molecule has 0 spiro atoms. The van der Waals surface area contributed by atoms with E-state index in [4.69, 9.17) is 4.74 Å². The SMILES string of the molecule is CCCOc1ccccc1C(O)C1(C)CCCS1. The zero-order valence-electron chi connectivity index (χ0n) is 11.2. The van der Waals surface area contributed by atoms with Gasteiger partial charge in [0.1, 0.15) is 5.75 Å². The molecule has 0 radical (unpaired) electrons. The third-order valence-corrected chi connectivity index (χ3v) is 5.08. The summed E-state index contributed by atoms with van der Waals surface area (Å²) in [6.45, 7) is 4.95. The molecule has 2 atom stereocenters. The van der Waals surface area contributed by atoms with Gasteiger partial charge in [0.05, 0.1) is 12.7 Å². The average Bonchev–Trinajstić information content (AvgIpc) is 2.84. The molecular formula is C15H22O2S. The molecule has 2 nitrogen and oxygen atoms in total. The highest BCUT2D eigenvalue weighted by Crippen LogP contribution is 2.48. The van der Waals surface area contributed by atoms with E-state index in [9.17, 15) is 5.11 Å². The molecule has 0 aromatic heterocycles. The quantitative estimate of drug-likeness (QED) is 0.879. The number of aliphatic hydroxyl groups excluding tert-OH is 1. The first-order valence-corrected chi connectivity index (χ1v) is 7.69. The van der Waals surface area contributed by atoms with Gasteiger partial charge in [-0.1, -0.05) is 25.1 Å². The molecule has 1 heterocycles. The lowest BCUT2D eigenvalue weighted by atomic mass is 9.92. The summed E-state index contributed by atoms with van der Waals surface area (Å²) in [6.07, 6.45) is 2.80. The Labute approximate surface area is 114 Å². The van der Waals surface area contributed by atoms with Crippen LogP contribution in [0.25, 0.3) is 0 Å². The second-order valence-corrected chi connectivity index (χ2v) is 6.68. The minimum absolute atomic E-state index is 0.0638. The Hall–Kier alpha value is -0.670. The van der Waals surface area contributed by atoms with E-state index >= 15 is 0 Å². The van der Waals surface area contributed by atoms with Crippen molar-refractivity contribution in [3.05, 3.63) is 29.8 Å². The van der Waals surface area contributed by atoms with Crippen molar-refractivity contribution in [2.75, 3.05) is 12.4 Å². The summed E-state index contributed by atoms with van der Waals surface area (Å²) in [5.74, 6) is 1.98. The normalized spacial score (nSPS) is 25.1. The zero-order valence-corrected chi connectivity index (χ0v) is 12.0. The van der Waals surface area contributed by atoms with E-state index in [0.717, 1.165) is 29.9 Å². The second kappa shape index (κ2) is 5.98. The first-order chi connectivity index (χ1) is 8.67. The fourth-order valence-corrected chi connectivity index (χ4v) is 3.72. The number of para-hydroxylation sites is 1. The van der Waals surface area contributed by atoms with Gasteiger partial charge in [0.15, 0.2) is 0 Å². The van der Waals surface area contributed by atoms with Crippen LogP contribution < -0.4 is 4.74 Å². The van der Waals surface area contributed by atoms with Gasteiger partial charge in [-0.2, -0.15) is 11.8 Å². The summed E-state index contributed by atoms with van der Waals surface area (Å²) in [5, 5.41) is 10.7. The molecule has 1 N–H and O–H groups in total. The van der Waals surface area contributed by atoms with Crippen LogP contribution in [-0.2, 0) is 0 Å². The Balaban J connectivity index is 2.21. The summed E-state index contributed by atoms with van der Waals surface area (Å²) in [7, 11) is 0. The molecule has 3 heteroatoms. The molecule has 1 fully saturated rings. The number of aliphatic hydroxyl groups is 1. The van der Waals surface area contributed by atoms with Crippen molar-refractivity contribution in [1.82, 2.24) is 0 Å². The largest absolute Gasteiger partial charge is 0.493 e. The van der Waals surface area contributed by atoms with Gasteiger partial charge >= 0.3 is 0 Å². The fraction of sp³-hybridized carbons (Fsp3) is 0.600. The Kier molecular flexibility index (Phi) is 4.57. The molecule has 100 valence electrons. The first-order valence-electron chi connectivity index (χ1n) is 6.71. The zero-order chi connectivity index (χ0) is 13.0. The maximum Gasteiger partial charge on any atom is 0.125 e. The number of benzene rings is 1. The Morgan fingerprint density at radius 1 is 1.44 bits per heavy atom. The van der Waals surface area contributed by atoms with Gasteiger partial charge in [0.2, 0.25) is 0 Å². The van der Waals surface area contributed by atoms with Crippen LogP contribution in [0.4, 0.5) is 0 Å². The monoisotopic (exact) mass is 266 g/mol. The number of hydrogen-bond acceptors (Lipinski definition) is 3. The van der Waals surface area contributed by atoms with E-state index in [2.05, 4.69) is 13.8 Å². The van der Waals surface area contributed by atoms with Crippen LogP contribution in [-0.4, -0.2) is 22.2 Å². The van der Waals surface area contributed by atoms with Crippen LogP contribution in [0.5, 0.6) is 5.75 Å². The predicted octanol–water partition coefficient (Wildman–Crippen LogP) is 3.79. The van der Waals surface area contributed by atoms with Gasteiger partial charge in [0.25, 0.3) is 0 Å². The summed E-state index contributed by atoms with van der Waals surface area (Å²) in [5.41, 5.74) is 0.933. The van der Waals surface area contributed by atoms with Crippen molar-refractivity contribution in [2.45, 2.75) is 44.0 Å². The maximum absolute atomic E-state index is 10.7. The predicted molar refractivity (Wildman–Crippen MR) is 77.3 cm³/mol. The molecule has 0 aliphatic carbocycles. The lowest BCUT2D eigenvalue weighted by molar-refractivity contribution is 0.130. The van der Waals surface area contributed by atoms with Crippen LogP contribution in [0.3, 0.4) is 0 Å². The molecular weight excluding hydrogens is 244 g/mol. The fourth-order valence-electron chi connectivity index (χ4n) is 2.40. The van der Waals surface area contributed by atoms with Gasteiger partial charge < -0.3 is 9.84 Å². The third-order valence-electron chi connectivity index (χ3n) is 3.50. The summed E-state index contributed by atoms with van der Waals surface area (Å²) in [4.78, 5) is 0. The molecule has 0 saturated carbocycles. The molecule has 1 saturated heterocycles. The van der Waals surface area contributed by atoms with Crippen LogP contribution in [0.1, 0.15) is 44.8 Å². The number of thioether (sulfide) groups is 1. The van der Waals surface area contributed by atoms with Gasteiger partial charge in [-0.3, -0.25) is 0 Å². The van der Waals surface area contributed by atoms with E-state index in [1.807, 2.05) is 36.0 Å². The molecule has 0 bridgehead atoms. The molecule has 0 amide bonds. The van der Waals surface area contributed by atoms with Crippen molar-refractivity contribution in [3.63, 3.8) is 0 Å². The molecule has 2 rings (SSSR count). The van der Waals surface area contributed by atoms with E-state index in [1.165, 1.54) is 6.42 Å². The second-order valence-electron chi connectivity index (χ2n) is 5.05. The highest BCUT2D eigenvalue weighted by atomic mass is 32.2. The van der Waals surface area contributed by atoms with Crippen LogP contribution >= 0.6 is 11.8 Å². The highest BCUT2D eigenvalue weighted by molar-refractivity contribution is 8.00. The standard InChI is InChI=1S/C15H22O2S/c1-3-10-17-13-8-5-4-7-12(13)14(16)15(2)9-6-11-18-15/h4-5,7-8,14,16H,3,6,9-11H2,1-2H3. The van der Waals surface area contributed by atoms with Gasteiger partial charge in [-0.05, 0) is 38.0 Å². The third kappa shape index (κ3) is 2.83. The first kappa shape index (κ1) is 13.8. The highest BCUT2D eigenvalue weighted by Gasteiger charge is 2.38. The molecule has 1 aliphatic heterocycles. The minimum atomic E-state index is -0.446. The van der Waals surface area contributed by atoms with E-state index < -0.39 is 6.10 Å². The average molecular weight is 266 g/mol.